The number of hydrogen-bond acceptors (Lipinski definition) is 5. The van der Waals surface area contributed by atoms with Crippen molar-refractivity contribution in [3.8, 4) is 0 Å². The number of anilines is 1. The van der Waals surface area contributed by atoms with E-state index in [4.69, 9.17) is 4.74 Å². The molecule has 0 spiro atoms. The van der Waals surface area contributed by atoms with E-state index in [9.17, 15) is 4.79 Å². The maximum absolute atomic E-state index is 11.9. The van der Waals surface area contributed by atoms with Crippen LogP contribution in [0.5, 0.6) is 0 Å². The van der Waals surface area contributed by atoms with Crippen LogP contribution in [0.3, 0.4) is 0 Å². The standard InChI is InChI=1S/C16H23N3O2S/c1-12(2)21-10-6-9-17-15(20)11-19(3)16-18-13-7-4-5-8-14(13)22-16/h4-5,7-8,12H,6,9-11H2,1-3H3,(H,17,20). The molecule has 6 heteroatoms. The summed E-state index contributed by atoms with van der Waals surface area (Å²) in [5.41, 5.74) is 0.973. The van der Waals surface area contributed by atoms with E-state index >= 15 is 0 Å². The van der Waals surface area contributed by atoms with Crippen LogP contribution in [-0.4, -0.2) is 43.7 Å². The van der Waals surface area contributed by atoms with Gasteiger partial charge in [0, 0.05) is 20.2 Å². The van der Waals surface area contributed by atoms with E-state index in [1.165, 1.54) is 0 Å². The minimum atomic E-state index is 0.00584. The Hall–Kier alpha value is -1.66. The van der Waals surface area contributed by atoms with Crippen molar-refractivity contribution in [1.29, 1.82) is 0 Å². The molecule has 1 amide bonds. The summed E-state index contributed by atoms with van der Waals surface area (Å²) >= 11 is 1.60. The first-order valence-corrected chi connectivity index (χ1v) is 8.33. The Labute approximate surface area is 135 Å². The molecule has 0 aliphatic heterocycles. The van der Waals surface area contributed by atoms with Crippen molar-refractivity contribution in [3.63, 3.8) is 0 Å². The number of nitrogens with zero attached hydrogens (tertiary/aromatic N) is 2. The summed E-state index contributed by atoms with van der Waals surface area (Å²) in [5.74, 6) is 0.00584. The van der Waals surface area contributed by atoms with Gasteiger partial charge in [-0.15, -0.1) is 0 Å². The molecule has 2 rings (SSSR count). The van der Waals surface area contributed by atoms with E-state index < -0.39 is 0 Å². The molecule has 2 aromatic rings. The van der Waals surface area contributed by atoms with Gasteiger partial charge in [0.25, 0.3) is 0 Å². The number of nitrogens with one attached hydrogen (secondary N) is 1. The Balaban J connectivity index is 1.76. The monoisotopic (exact) mass is 321 g/mol. The van der Waals surface area contributed by atoms with Crippen molar-refractivity contribution >= 4 is 32.6 Å². The molecule has 0 fully saturated rings. The fraction of sp³-hybridized carbons (Fsp3) is 0.500. The molecule has 0 saturated heterocycles. The molecule has 0 saturated carbocycles. The molecule has 5 nitrogen and oxygen atoms in total. The first-order valence-electron chi connectivity index (χ1n) is 7.51. The zero-order chi connectivity index (χ0) is 15.9. The Morgan fingerprint density at radius 2 is 2.18 bits per heavy atom. The number of amides is 1. The van der Waals surface area contributed by atoms with Crippen molar-refractivity contribution in [2.24, 2.45) is 0 Å². The molecule has 1 aromatic carbocycles. The van der Waals surface area contributed by atoms with Gasteiger partial charge in [-0.1, -0.05) is 23.5 Å². The zero-order valence-corrected chi connectivity index (χ0v) is 14.2. The normalized spacial score (nSPS) is 11.1. The van der Waals surface area contributed by atoms with Gasteiger partial charge >= 0.3 is 0 Å². The van der Waals surface area contributed by atoms with Crippen molar-refractivity contribution in [2.45, 2.75) is 26.4 Å². The number of fused-ring (bicyclic) bond motifs is 1. The summed E-state index contributed by atoms with van der Waals surface area (Å²) in [6.45, 7) is 5.63. The van der Waals surface area contributed by atoms with E-state index in [2.05, 4.69) is 10.3 Å². The van der Waals surface area contributed by atoms with Crippen LogP contribution >= 0.6 is 11.3 Å². The third-order valence-electron chi connectivity index (χ3n) is 3.08. The summed E-state index contributed by atoms with van der Waals surface area (Å²) < 4.78 is 6.57. The van der Waals surface area contributed by atoms with Gasteiger partial charge in [-0.25, -0.2) is 4.98 Å². The first-order chi connectivity index (χ1) is 10.6. The number of thiazole rings is 1. The number of carbonyl (C=O) groups excluding carboxylic acids is 1. The predicted molar refractivity (Wildman–Crippen MR) is 91.6 cm³/mol. The fourth-order valence-corrected chi connectivity index (χ4v) is 2.91. The number of benzene rings is 1. The third-order valence-corrected chi connectivity index (χ3v) is 4.24. The van der Waals surface area contributed by atoms with Gasteiger partial charge in [-0.3, -0.25) is 4.79 Å². The lowest BCUT2D eigenvalue weighted by molar-refractivity contribution is -0.119. The number of hydrogen-bond donors (Lipinski definition) is 1. The van der Waals surface area contributed by atoms with Crippen molar-refractivity contribution in [1.82, 2.24) is 10.3 Å². The van der Waals surface area contributed by atoms with Gasteiger partial charge < -0.3 is 15.0 Å². The molecule has 0 radical (unpaired) electrons. The highest BCUT2D eigenvalue weighted by Gasteiger charge is 2.11. The zero-order valence-electron chi connectivity index (χ0n) is 13.3. The molecule has 0 aliphatic rings. The molecular formula is C16H23N3O2S. The number of para-hydroxylation sites is 1. The number of carbonyl (C=O) groups is 1. The molecule has 0 atom stereocenters. The molecule has 0 unspecified atom stereocenters. The third kappa shape index (κ3) is 4.96. The van der Waals surface area contributed by atoms with E-state index in [-0.39, 0.29) is 12.0 Å². The van der Waals surface area contributed by atoms with E-state index in [0.717, 1.165) is 21.8 Å². The predicted octanol–water partition coefficient (Wildman–Crippen LogP) is 2.66. The van der Waals surface area contributed by atoms with Gasteiger partial charge in [-0.05, 0) is 32.4 Å². The van der Waals surface area contributed by atoms with Gasteiger partial charge in [-0.2, -0.15) is 0 Å². The van der Waals surface area contributed by atoms with Crippen LogP contribution in [0.2, 0.25) is 0 Å². The maximum atomic E-state index is 11.9. The van der Waals surface area contributed by atoms with E-state index in [1.54, 1.807) is 11.3 Å². The minimum Gasteiger partial charge on any atom is -0.379 e. The van der Waals surface area contributed by atoms with Crippen LogP contribution in [0.4, 0.5) is 5.13 Å². The number of likely N-dealkylation sites (N-methyl/N-ethyl adjacent to an activating group) is 1. The Morgan fingerprint density at radius 1 is 1.41 bits per heavy atom. The summed E-state index contributed by atoms with van der Waals surface area (Å²) in [6, 6.07) is 7.99. The van der Waals surface area contributed by atoms with Crippen LogP contribution in [0.15, 0.2) is 24.3 Å². The SMILES string of the molecule is CC(C)OCCCNC(=O)CN(C)c1nc2ccccc2s1. The average molecular weight is 321 g/mol. The largest absolute Gasteiger partial charge is 0.379 e. The summed E-state index contributed by atoms with van der Waals surface area (Å²) in [7, 11) is 1.89. The van der Waals surface area contributed by atoms with Crippen LogP contribution < -0.4 is 10.2 Å². The van der Waals surface area contributed by atoms with Gasteiger partial charge in [0.05, 0.1) is 22.9 Å². The number of aromatic nitrogens is 1. The first kappa shape index (κ1) is 16.7. The molecule has 120 valence electrons. The Morgan fingerprint density at radius 3 is 2.91 bits per heavy atom. The summed E-state index contributed by atoms with van der Waals surface area (Å²) in [5, 5.41) is 3.77. The molecule has 1 heterocycles. The highest BCUT2D eigenvalue weighted by molar-refractivity contribution is 7.22. The van der Waals surface area contributed by atoms with Crippen LogP contribution in [0.1, 0.15) is 20.3 Å². The molecule has 22 heavy (non-hydrogen) atoms. The lowest BCUT2D eigenvalue weighted by Gasteiger charge is -2.15. The second-order valence-electron chi connectivity index (χ2n) is 5.44. The second kappa shape index (κ2) is 8.10. The molecule has 1 N–H and O–H groups in total. The smallest absolute Gasteiger partial charge is 0.239 e. The van der Waals surface area contributed by atoms with Crippen LogP contribution in [-0.2, 0) is 9.53 Å². The maximum Gasteiger partial charge on any atom is 0.239 e. The van der Waals surface area contributed by atoms with E-state index in [1.807, 2.05) is 50.1 Å². The number of ether oxygens (including phenoxy) is 1. The molecule has 0 aliphatic carbocycles. The van der Waals surface area contributed by atoms with Crippen molar-refractivity contribution in [3.05, 3.63) is 24.3 Å². The average Bonchev–Trinajstić information content (AvgIpc) is 2.90. The molecular weight excluding hydrogens is 298 g/mol. The lowest BCUT2D eigenvalue weighted by atomic mass is 10.3. The van der Waals surface area contributed by atoms with Crippen molar-refractivity contribution < 1.29 is 9.53 Å². The highest BCUT2D eigenvalue weighted by Crippen LogP contribution is 2.27. The van der Waals surface area contributed by atoms with Crippen LogP contribution in [0.25, 0.3) is 10.2 Å². The van der Waals surface area contributed by atoms with Gasteiger partial charge in [0.1, 0.15) is 0 Å². The van der Waals surface area contributed by atoms with Crippen LogP contribution in [0, 0.1) is 0 Å². The Bertz CT molecular complexity index is 579. The fourth-order valence-electron chi connectivity index (χ4n) is 1.98. The topological polar surface area (TPSA) is 54.5 Å². The van der Waals surface area contributed by atoms with Gasteiger partial charge in [0.2, 0.25) is 5.91 Å². The Kier molecular flexibility index (Phi) is 6.15. The minimum absolute atomic E-state index is 0.00584. The van der Waals surface area contributed by atoms with Crippen molar-refractivity contribution in [2.75, 3.05) is 31.6 Å². The summed E-state index contributed by atoms with van der Waals surface area (Å²) in [6.07, 6.45) is 1.07. The van der Waals surface area contributed by atoms with E-state index in [0.29, 0.717) is 19.7 Å². The number of rotatable bonds is 8. The second-order valence-corrected chi connectivity index (χ2v) is 6.45. The highest BCUT2D eigenvalue weighted by atomic mass is 32.1. The summed E-state index contributed by atoms with van der Waals surface area (Å²) in [4.78, 5) is 18.3. The lowest BCUT2D eigenvalue weighted by Crippen LogP contribution is -2.35. The molecule has 1 aromatic heterocycles. The van der Waals surface area contributed by atoms with Gasteiger partial charge in [0.15, 0.2) is 5.13 Å². The quantitative estimate of drug-likeness (QED) is 0.760. The molecule has 0 bridgehead atoms.